The summed E-state index contributed by atoms with van der Waals surface area (Å²) in [5, 5.41) is 1.21. The second-order valence-electron chi connectivity index (χ2n) is 5.21. The molecule has 3 rings (SSSR count). The molecule has 1 heterocycles. The van der Waals surface area contributed by atoms with Gasteiger partial charge in [-0.1, -0.05) is 6.07 Å². The summed E-state index contributed by atoms with van der Waals surface area (Å²) in [6.45, 7) is 4.18. The molecule has 1 aliphatic carbocycles. The van der Waals surface area contributed by atoms with Crippen LogP contribution >= 0.6 is 0 Å². The molecule has 0 radical (unpaired) electrons. The molecular formula is C15H17NO2. The van der Waals surface area contributed by atoms with Crippen molar-refractivity contribution < 1.29 is 9.53 Å². The van der Waals surface area contributed by atoms with Crippen molar-refractivity contribution in [2.24, 2.45) is 0 Å². The number of H-pyrrole nitrogens is 1. The van der Waals surface area contributed by atoms with Crippen molar-refractivity contribution in [3.05, 3.63) is 35.0 Å². The normalized spacial score (nSPS) is 16.8. The summed E-state index contributed by atoms with van der Waals surface area (Å²) in [6.07, 6.45) is 1.79. The molecule has 1 aromatic carbocycles. The summed E-state index contributed by atoms with van der Waals surface area (Å²) in [4.78, 5) is 15.2. The van der Waals surface area contributed by atoms with Crippen LogP contribution in [-0.2, 0) is 14.9 Å². The molecule has 3 heteroatoms. The molecule has 1 aromatic heterocycles. The molecule has 2 aromatic rings. The number of carbonyl (C=O) groups is 1. The number of methoxy groups -OCH3 is 1. The smallest absolute Gasteiger partial charge is 0.316 e. The Kier molecular flexibility index (Phi) is 2.27. The average Bonchev–Trinajstić information content (AvgIpc) is 3.14. The number of ether oxygens (including phenoxy) is 1. The minimum Gasteiger partial charge on any atom is -0.468 e. The molecule has 3 nitrogen and oxygen atoms in total. The van der Waals surface area contributed by atoms with Crippen LogP contribution in [0.2, 0.25) is 0 Å². The van der Waals surface area contributed by atoms with Gasteiger partial charge in [0.25, 0.3) is 0 Å². The van der Waals surface area contributed by atoms with Gasteiger partial charge in [-0.15, -0.1) is 0 Å². The molecule has 1 saturated carbocycles. The van der Waals surface area contributed by atoms with Crippen LogP contribution < -0.4 is 0 Å². The van der Waals surface area contributed by atoms with E-state index in [0.29, 0.717) is 0 Å². The van der Waals surface area contributed by atoms with Crippen LogP contribution in [0.4, 0.5) is 0 Å². The first kappa shape index (κ1) is 11.3. The Bertz CT molecular complexity index is 635. The van der Waals surface area contributed by atoms with Gasteiger partial charge in [0.1, 0.15) is 0 Å². The largest absolute Gasteiger partial charge is 0.468 e. The zero-order chi connectivity index (χ0) is 12.9. The summed E-state index contributed by atoms with van der Waals surface area (Å²) >= 11 is 0. The lowest BCUT2D eigenvalue weighted by atomic mass is 9.94. The first-order chi connectivity index (χ1) is 8.58. The highest BCUT2D eigenvalue weighted by Gasteiger charge is 2.52. The Morgan fingerprint density at radius 2 is 2.06 bits per heavy atom. The van der Waals surface area contributed by atoms with Crippen molar-refractivity contribution in [2.45, 2.75) is 32.1 Å². The van der Waals surface area contributed by atoms with E-state index in [1.807, 2.05) is 6.07 Å². The van der Waals surface area contributed by atoms with E-state index in [9.17, 15) is 4.79 Å². The summed E-state index contributed by atoms with van der Waals surface area (Å²) < 4.78 is 4.93. The maximum Gasteiger partial charge on any atom is 0.316 e. The zero-order valence-corrected chi connectivity index (χ0v) is 11.0. The van der Waals surface area contributed by atoms with Gasteiger partial charge in [0.2, 0.25) is 0 Å². The summed E-state index contributed by atoms with van der Waals surface area (Å²) in [7, 11) is 1.46. The zero-order valence-electron chi connectivity index (χ0n) is 11.0. The van der Waals surface area contributed by atoms with Crippen molar-refractivity contribution in [1.82, 2.24) is 4.98 Å². The first-order valence-electron chi connectivity index (χ1n) is 6.26. The van der Waals surface area contributed by atoms with Crippen LogP contribution in [0.25, 0.3) is 10.9 Å². The second-order valence-corrected chi connectivity index (χ2v) is 5.21. The van der Waals surface area contributed by atoms with E-state index in [1.165, 1.54) is 23.8 Å². The number of hydrogen-bond acceptors (Lipinski definition) is 2. The van der Waals surface area contributed by atoms with Crippen LogP contribution in [0.5, 0.6) is 0 Å². The van der Waals surface area contributed by atoms with Gasteiger partial charge in [-0.25, -0.2) is 0 Å². The van der Waals surface area contributed by atoms with Crippen LogP contribution in [0.1, 0.15) is 29.7 Å². The van der Waals surface area contributed by atoms with Crippen molar-refractivity contribution >= 4 is 16.9 Å². The molecule has 0 aliphatic heterocycles. The summed E-state index contributed by atoms with van der Waals surface area (Å²) in [6, 6.07) is 6.24. The third kappa shape index (κ3) is 1.40. The van der Waals surface area contributed by atoms with E-state index < -0.39 is 0 Å². The van der Waals surface area contributed by atoms with E-state index in [-0.39, 0.29) is 11.4 Å². The Labute approximate surface area is 106 Å². The molecule has 0 spiro atoms. The third-order valence-electron chi connectivity index (χ3n) is 4.19. The van der Waals surface area contributed by atoms with Crippen molar-refractivity contribution in [1.29, 1.82) is 0 Å². The number of carbonyl (C=O) groups excluding carboxylic acids is 1. The molecule has 0 unspecified atom stereocenters. The monoisotopic (exact) mass is 243 g/mol. The predicted molar refractivity (Wildman–Crippen MR) is 70.7 cm³/mol. The van der Waals surface area contributed by atoms with E-state index in [4.69, 9.17) is 4.74 Å². The number of aromatic amines is 1. The Balaban J connectivity index is 2.14. The number of esters is 1. The average molecular weight is 243 g/mol. The Hall–Kier alpha value is -1.77. The predicted octanol–water partition coefficient (Wildman–Crippen LogP) is 2.99. The molecule has 1 fully saturated rings. The second kappa shape index (κ2) is 3.61. The molecule has 18 heavy (non-hydrogen) atoms. The highest BCUT2D eigenvalue weighted by atomic mass is 16.5. The standard InChI is InChI=1S/C15H17NO2/c1-9-10(2)16-13-5-4-11(8-12(9)13)15(6-7-15)14(17)18-3/h4-5,8,16H,6-7H2,1-3H3. The van der Waals surface area contributed by atoms with Crippen LogP contribution in [0.15, 0.2) is 18.2 Å². The number of aryl methyl sites for hydroxylation is 2. The van der Waals surface area contributed by atoms with Gasteiger partial charge in [0.15, 0.2) is 0 Å². The summed E-state index contributed by atoms with van der Waals surface area (Å²) in [5.74, 6) is -0.105. The molecular weight excluding hydrogens is 226 g/mol. The Morgan fingerprint density at radius 1 is 1.33 bits per heavy atom. The van der Waals surface area contributed by atoms with Crippen LogP contribution in [0, 0.1) is 13.8 Å². The summed E-state index contributed by atoms with van der Waals surface area (Å²) in [5.41, 5.74) is 4.29. The SMILES string of the molecule is COC(=O)C1(c2ccc3[nH]c(C)c(C)c3c2)CC1. The first-order valence-corrected chi connectivity index (χ1v) is 6.26. The van der Waals surface area contributed by atoms with Gasteiger partial charge < -0.3 is 9.72 Å². The number of fused-ring (bicyclic) bond motifs is 1. The van der Waals surface area contributed by atoms with Crippen LogP contribution in [-0.4, -0.2) is 18.1 Å². The molecule has 94 valence electrons. The topological polar surface area (TPSA) is 42.1 Å². The van der Waals surface area contributed by atoms with Gasteiger partial charge >= 0.3 is 5.97 Å². The van der Waals surface area contributed by atoms with Gasteiger partial charge in [0, 0.05) is 16.6 Å². The fourth-order valence-corrected chi connectivity index (χ4v) is 2.69. The van der Waals surface area contributed by atoms with E-state index >= 15 is 0 Å². The molecule has 0 atom stereocenters. The molecule has 0 amide bonds. The minimum atomic E-state index is -0.374. The lowest BCUT2D eigenvalue weighted by molar-refractivity contribution is -0.143. The van der Waals surface area contributed by atoms with E-state index in [1.54, 1.807) is 0 Å². The quantitative estimate of drug-likeness (QED) is 0.824. The highest BCUT2D eigenvalue weighted by Crippen LogP contribution is 2.49. The number of aromatic nitrogens is 1. The number of benzene rings is 1. The third-order valence-corrected chi connectivity index (χ3v) is 4.19. The molecule has 0 saturated heterocycles. The fourth-order valence-electron chi connectivity index (χ4n) is 2.69. The highest BCUT2D eigenvalue weighted by molar-refractivity contribution is 5.90. The van der Waals surface area contributed by atoms with Crippen molar-refractivity contribution in [2.75, 3.05) is 7.11 Å². The number of nitrogens with one attached hydrogen (secondary N) is 1. The fraction of sp³-hybridized carbons (Fsp3) is 0.400. The molecule has 1 aliphatic rings. The van der Waals surface area contributed by atoms with Crippen molar-refractivity contribution in [3.63, 3.8) is 0 Å². The van der Waals surface area contributed by atoms with E-state index in [2.05, 4.69) is 31.0 Å². The van der Waals surface area contributed by atoms with E-state index in [0.717, 1.165) is 23.9 Å². The number of rotatable bonds is 2. The van der Waals surface area contributed by atoms with Crippen LogP contribution in [0.3, 0.4) is 0 Å². The van der Waals surface area contributed by atoms with Crippen molar-refractivity contribution in [3.8, 4) is 0 Å². The maximum atomic E-state index is 11.9. The van der Waals surface area contributed by atoms with Gasteiger partial charge in [-0.3, -0.25) is 4.79 Å². The lowest BCUT2D eigenvalue weighted by Crippen LogP contribution is -2.21. The minimum absolute atomic E-state index is 0.105. The van der Waals surface area contributed by atoms with Gasteiger partial charge in [0.05, 0.1) is 12.5 Å². The molecule has 0 bridgehead atoms. The Morgan fingerprint density at radius 3 is 2.67 bits per heavy atom. The lowest BCUT2D eigenvalue weighted by Gasteiger charge is -2.13. The number of hydrogen-bond donors (Lipinski definition) is 1. The van der Waals surface area contributed by atoms with Gasteiger partial charge in [-0.2, -0.15) is 0 Å². The maximum absolute atomic E-state index is 11.9. The molecule has 1 N–H and O–H groups in total. The van der Waals surface area contributed by atoms with Gasteiger partial charge in [-0.05, 0) is 49.9 Å².